The molecule has 0 aromatic carbocycles. The molecule has 0 saturated carbocycles. The number of carbonyl (C=O) groups excluding carboxylic acids is 1. The highest BCUT2D eigenvalue weighted by Crippen LogP contribution is 2.16. The van der Waals surface area contributed by atoms with Gasteiger partial charge in [-0.1, -0.05) is 63.3 Å². The van der Waals surface area contributed by atoms with Crippen LogP contribution in [0.2, 0.25) is 0 Å². The minimum Gasteiger partial charge on any atom is -0.372 e. The van der Waals surface area contributed by atoms with E-state index in [0.29, 0.717) is 6.61 Å². The fourth-order valence-electron chi connectivity index (χ4n) is 3.19. The van der Waals surface area contributed by atoms with Gasteiger partial charge < -0.3 is 19.9 Å². The lowest BCUT2D eigenvalue weighted by molar-refractivity contribution is -0.134. The molecule has 6 heteroatoms. The minimum absolute atomic E-state index is 0.0814. The molecule has 1 atom stereocenters. The molecule has 1 rings (SSSR count). The number of ether oxygens (including phenoxy) is 1. The third kappa shape index (κ3) is 16.9. The zero-order valence-corrected chi connectivity index (χ0v) is 22.9. The molecule has 0 aliphatic heterocycles. The molecule has 0 spiro atoms. The number of nitrogens with zero attached hydrogens (tertiary/aromatic N) is 2. The second kappa shape index (κ2) is 21.0. The average Bonchev–Trinajstić information content (AvgIpc) is 3.05. The number of likely N-dealkylation sites (N-methyl/N-ethyl adjacent to an activating group) is 2. The summed E-state index contributed by atoms with van der Waals surface area (Å²) >= 11 is 0. The van der Waals surface area contributed by atoms with Gasteiger partial charge in [0.2, 0.25) is 5.91 Å². The lowest BCUT2D eigenvalue weighted by Crippen LogP contribution is -2.40. The van der Waals surface area contributed by atoms with Gasteiger partial charge in [-0.3, -0.25) is 4.79 Å². The van der Waals surface area contributed by atoms with Crippen molar-refractivity contribution >= 4 is 5.91 Å². The SMILES string of the molecule is C=C/C(=C\C=C/C)CNC(CN(C)C)C1=CC=C(F)C=CC1.CCCCOCC(=O)N(C)CCC. The summed E-state index contributed by atoms with van der Waals surface area (Å²) in [4.78, 5) is 15.1. The Labute approximate surface area is 213 Å². The average molecular weight is 490 g/mol. The Morgan fingerprint density at radius 1 is 1.26 bits per heavy atom. The van der Waals surface area contributed by atoms with Crippen LogP contribution in [0.5, 0.6) is 0 Å². The third-order valence-electron chi connectivity index (χ3n) is 5.25. The van der Waals surface area contributed by atoms with E-state index in [0.717, 1.165) is 50.9 Å². The largest absolute Gasteiger partial charge is 0.372 e. The fraction of sp³-hybridized carbons (Fsp3) is 0.552. The second-order valence-corrected chi connectivity index (χ2v) is 8.79. The molecule has 0 aromatic heterocycles. The maximum absolute atomic E-state index is 13.3. The molecule has 1 aliphatic carbocycles. The summed E-state index contributed by atoms with van der Waals surface area (Å²) < 4.78 is 18.5. The first-order valence-corrected chi connectivity index (χ1v) is 12.7. The minimum atomic E-state index is -0.196. The number of hydrogen-bond acceptors (Lipinski definition) is 4. The number of unbranched alkanes of at least 4 members (excludes halogenated alkanes) is 1. The number of allylic oxidation sites excluding steroid dienone is 8. The molecule has 35 heavy (non-hydrogen) atoms. The van der Waals surface area contributed by atoms with Crippen molar-refractivity contribution in [3.05, 3.63) is 72.2 Å². The van der Waals surface area contributed by atoms with Gasteiger partial charge in [0.15, 0.2) is 0 Å². The molecule has 1 unspecified atom stereocenters. The first kappa shape index (κ1) is 32.7. The van der Waals surface area contributed by atoms with Gasteiger partial charge in [-0.05, 0) is 63.6 Å². The quantitative estimate of drug-likeness (QED) is 0.240. The monoisotopic (exact) mass is 489 g/mol. The molecule has 0 aromatic rings. The third-order valence-corrected chi connectivity index (χ3v) is 5.25. The summed E-state index contributed by atoms with van der Waals surface area (Å²) in [7, 11) is 5.90. The molecule has 0 saturated heterocycles. The molecule has 1 aliphatic rings. The highest BCUT2D eigenvalue weighted by atomic mass is 19.1. The van der Waals surface area contributed by atoms with E-state index in [2.05, 4.69) is 30.6 Å². The number of halogens is 1. The van der Waals surface area contributed by atoms with Crippen LogP contribution in [0.15, 0.2) is 72.2 Å². The fourth-order valence-corrected chi connectivity index (χ4v) is 3.19. The summed E-state index contributed by atoms with van der Waals surface area (Å²) in [5.74, 6) is -0.115. The van der Waals surface area contributed by atoms with Gasteiger partial charge in [-0.2, -0.15) is 0 Å². The Hall–Kier alpha value is -2.28. The molecular weight excluding hydrogens is 441 g/mol. The van der Waals surface area contributed by atoms with Gasteiger partial charge in [0.1, 0.15) is 12.4 Å². The van der Waals surface area contributed by atoms with E-state index in [1.54, 1.807) is 4.90 Å². The smallest absolute Gasteiger partial charge is 0.248 e. The van der Waals surface area contributed by atoms with Gasteiger partial charge in [0.05, 0.1) is 0 Å². The van der Waals surface area contributed by atoms with Crippen molar-refractivity contribution < 1.29 is 13.9 Å². The van der Waals surface area contributed by atoms with Crippen LogP contribution in [0.4, 0.5) is 4.39 Å². The van der Waals surface area contributed by atoms with Crippen molar-refractivity contribution in [3.63, 3.8) is 0 Å². The van der Waals surface area contributed by atoms with Crippen molar-refractivity contribution in [2.75, 3.05) is 54.0 Å². The van der Waals surface area contributed by atoms with Gasteiger partial charge in [-0.25, -0.2) is 4.39 Å². The molecule has 1 amide bonds. The number of nitrogens with one attached hydrogen (secondary N) is 1. The molecule has 0 heterocycles. The topological polar surface area (TPSA) is 44.8 Å². The highest BCUT2D eigenvalue weighted by molar-refractivity contribution is 5.77. The molecule has 0 bridgehead atoms. The van der Waals surface area contributed by atoms with Gasteiger partial charge in [0.25, 0.3) is 0 Å². The van der Waals surface area contributed by atoms with Crippen LogP contribution in [0, 0.1) is 0 Å². The standard InChI is InChI=1S/C19H27FN2.C10H21NO2/c1-5-7-9-16(6-2)14-21-19(15-22(3)4)17-10-8-11-18(20)13-12-17;1-4-6-8-13-9-10(12)11(3)7-5-2/h5-9,11-13,19,21H,2,10,14-15H2,1,3-4H3;4-9H2,1-3H3/b7-5-,16-9+;. The number of rotatable bonds is 15. The summed E-state index contributed by atoms with van der Waals surface area (Å²) in [6.07, 6.45) is 18.6. The van der Waals surface area contributed by atoms with Crippen molar-refractivity contribution in [1.29, 1.82) is 0 Å². The van der Waals surface area contributed by atoms with Crippen LogP contribution in [-0.2, 0) is 9.53 Å². The predicted octanol–water partition coefficient (Wildman–Crippen LogP) is 5.61. The lowest BCUT2D eigenvalue weighted by Gasteiger charge is -2.25. The maximum atomic E-state index is 13.3. The molecule has 1 N–H and O–H groups in total. The first-order chi connectivity index (χ1) is 16.8. The van der Waals surface area contributed by atoms with Gasteiger partial charge in [0, 0.05) is 39.3 Å². The van der Waals surface area contributed by atoms with E-state index in [-0.39, 0.29) is 24.4 Å². The maximum Gasteiger partial charge on any atom is 0.248 e. The van der Waals surface area contributed by atoms with Crippen LogP contribution in [0.25, 0.3) is 0 Å². The lowest BCUT2D eigenvalue weighted by atomic mass is 10.0. The second-order valence-electron chi connectivity index (χ2n) is 8.79. The zero-order valence-electron chi connectivity index (χ0n) is 22.9. The van der Waals surface area contributed by atoms with Crippen LogP contribution < -0.4 is 5.32 Å². The Bertz CT molecular complexity index is 751. The Morgan fingerprint density at radius 2 is 2.00 bits per heavy atom. The van der Waals surface area contributed by atoms with Crippen molar-refractivity contribution in [2.45, 2.75) is 52.5 Å². The molecular formula is C29H48FN3O2. The summed E-state index contributed by atoms with van der Waals surface area (Å²) in [5, 5.41) is 3.55. The Kier molecular flexibility index (Phi) is 19.7. The normalized spacial score (nSPS) is 14.7. The van der Waals surface area contributed by atoms with E-state index < -0.39 is 0 Å². The predicted molar refractivity (Wildman–Crippen MR) is 148 cm³/mol. The Balaban J connectivity index is 0.000000761. The number of carbonyl (C=O) groups is 1. The van der Waals surface area contributed by atoms with Crippen LogP contribution >= 0.6 is 0 Å². The highest BCUT2D eigenvalue weighted by Gasteiger charge is 2.15. The molecule has 0 radical (unpaired) electrons. The summed E-state index contributed by atoms with van der Waals surface area (Å²) in [6.45, 7) is 13.3. The van der Waals surface area contributed by atoms with E-state index in [9.17, 15) is 9.18 Å². The van der Waals surface area contributed by atoms with E-state index in [4.69, 9.17) is 4.74 Å². The van der Waals surface area contributed by atoms with Gasteiger partial charge >= 0.3 is 0 Å². The van der Waals surface area contributed by atoms with Crippen LogP contribution in [-0.4, -0.2) is 75.7 Å². The Morgan fingerprint density at radius 3 is 2.60 bits per heavy atom. The van der Waals surface area contributed by atoms with E-state index >= 15 is 0 Å². The first-order valence-electron chi connectivity index (χ1n) is 12.7. The summed E-state index contributed by atoms with van der Waals surface area (Å²) in [6, 6.07) is 0.177. The zero-order chi connectivity index (χ0) is 26.5. The number of hydrogen-bond donors (Lipinski definition) is 1. The number of amides is 1. The molecule has 198 valence electrons. The van der Waals surface area contributed by atoms with E-state index in [1.165, 1.54) is 17.7 Å². The van der Waals surface area contributed by atoms with Crippen molar-refractivity contribution in [2.24, 2.45) is 0 Å². The van der Waals surface area contributed by atoms with Crippen molar-refractivity contribution in [3.8, 4) is 0 Å². The van der Waals surface area contributed by atoms with Crippen LogP contribution in [0.1, 0.15) is 46.5 Å². The van der Waals surface area contributed by atoms with Crippen molar-refractivity contribution in [1.82, 2.24) is 15.1 Å². The van der Waals surface area contributed by atoms with E-state index in [1.807, 2.05) is 64.5 Å². The molecule has 0 fully saturated rings. The molecule has 5 nitrogen and oxygen atoms in total. The summed E-state index contributed by atoms with van der Waals surface area (Å²) in [5.41, 5.74) is 2.32. The van der Waals surface area contributed by atoms with Gasteiger partial charge in [-0.15, -0.1) is 0 Å². The van der Waals surface area contributed by atoms with Crippen LogP contribution in [0.3, 0.4) is 0 Å².